The first-order valence-corrected chi connectivity index (χ1v) is 4.74. The van der Waals surface area contributed by atoms with Gasteiger partial charge < -0.3 is 11.1 Å². The van der Waals surface area contributed by atoms with Crippen LogP contribution in [-0.2, 0) is 9.59 Å². The first-order valence-electron chi connectivity index (χ1n) is 4.74. The molecule has 84 valence electrons. The third-order valence-corrected chi connectivity index (χ3v) is 2.14. The highest BCUT2D eigenvalue weighted by atomic mass is 16.2. The molecule has 0 aromatic rings. The topological polar surface area (TPSA) is 96.0 Å². The maximum atomic E-state index is 11.6. The third kappa shape index (κ3) is 3.58. The van der Waals surface area contributed by atoms with Crippen LogP contribution in [0.1, 0.15) is 27.7 Å². The van der Waals surface area contributed by atoms with Gasteiger partial charge in [0, 0.05) is 0 Å². The molecule has 3 N–H and O–H groups in total. The lowest BCUT2D eigenvalue weighted by molar-refractivity contribution is -0.132. The summed E-state index contributed by atoms with van der Waals surface area (Å²) in [5, 5.41) is 11.2. The number of hydrogen-bond donors (Lipinski definition) is 2. The summed E-state index contributed by atoms with van der Waals surface area (Å²) in [4.78, 5) is 22.6. The van der Waals surface area contributed by atoms with Crippen molar-refractivity contribution in [3.63, 3.8) is 0 Å². The van der Waals surface area contributed by atoms with Crippen LogP contribution >= 0.6 is 0 Å². The molecule has 0 rings (SSSR count). The first-order chi connectivity index (χ1) is 6.72. The van der Waals surface area contributed by atoms with Gasteiger partial charge >= 0.3 is 0 Å². The molecule has 0 spiro atoms. The van der Waals surface area contributed by atoms with E-state index >= 15 is 0 Å². The van der Waals surface area contributed by atoms with Crippen LogP contribution in [0.3, 0.4) is 0 Å². The zero-order chi connectivity index (χ0) is 12.2. The van der Waals surface area contributed by atoms with E-state index in [1.165, 1.54) is 13.8 Å². The maximum Gasteiger partial charge on any atom is 0.242 e. The number of hydrogen-bond acceptors (Lipinski definition) is 3. The monoisotopic (exact) mass is 211 g/mol. The molecule has 0 aromatic heterocycles. The van der Waals surface area contributed by atoms with Crippen molar-refractivity contribution in [2.75, 3.05) is 0 Å². The highest BCUT2D eigenvalue weighted by molar-refractivity contribution is 5.91. The smallest absolute Gasteiger partial charge is 0.242 e. The molecule has 1 atom stereocenters. The summed E-state index contributed by atoms with van der Waals surface area (Å²) in [6.07, 6.45) is 0. The van der Waals surface area contributed by atoms with Crippen LogP contribution in [-0.4, -0.2) is 17.4 Å². The Hall–Kier alpha value is -1.57. The number of nitrogens with zero attached hydrogens (tertiary/aromatic N) is 1. The second kappa shape index (κ2) is 4.78. The lowest BCUT2D eigenvalue weighted by Crippen LogP contribution is -2.54. The van der Waals surface area contributed by atoms with Gasteiger partial charge in [-0.05, 0) is 19.8 Å². The second-order valence-corrected chi connectivity index (χ2v) is 4.33. The minimum absolute atomic E-state index is 0.0984. The fourth-order valence-corrected chi connectivity index (χ4v) is 0.958. The quantitative estimate of drug-likeness (QED) is 0.693. The Morgan fingerprint density at radius 3 is 2.13 bits per heavy atom. The molecule has 0 aromatic carbocycles. The Bertz CT molecular complexity index is 302. The Morgan fingerprint density at radius 2 is 1.87 bits per heavy atom. The van der Waals surface area contributed by atoms with E-state index in [0.29, 0.717) is 0 Å². The van der Waals surface area contributed by atoms with Crippen LogP contribution in [0.2, 0.25) is 0 Å². The molecule has 1 unspecified atom stereocenters. The van der Waals surface area contributed by atoms with Crippen molar-refractivity contribution >= 4 is 11.8 Å². The summed E-state index contributed by atoms with van der Waals surface area (Å²) < 4.78 is 0. The molecule has 0 aliphatic carbocycles. The molecule has 0 saturated heterocycles. The van der Waals surface area contributed by atoms with E-state index in [1.807, 2.05) is 6.07 Å². The van der Waals surface area contributed by atoms with Crippen molar-refractivity contribution in [3.05, 3.63) is 0 Å². The van der Waals surface area contributed by atoms with Crippen molar-refractivity contribution in [1.82, 2.24) is 5.32 Å². The standard InChI is InChI=1S/C10H17N3O2/c1-6(2)7(5-11)8(14)13-10(3,4)9(12)15/h6-7H,1-4H3,(H2,12,15)(H,13,14). The van der Waals surface area contributed by atoms with Crippen LogP contribution in [0, 0.1) is 23.2 Å². The van der Waals surface area contributed by atoms with Crippen LogP contribution in [0.15, 0.2) is 0 Å². The maximum absolute atomic E-state index is 11.6. The molecule has 0 bridgehead atoms. The Labute approximate surface area is 89.6 Å². The minimum atomic E-state index is -1.12. The van der Waals surface area contributed by atoms with Crippen LogP contribution < -0.4 is 11.1 Å². The number of nitrogens with one attached hydrogen (secondary N) is 1. The molecular formula is C10H17N3O2. The van der Waals surface area contributed by atoms with Gasteiger partial charge in [0.15, 0.2) is 0 Å². The largest absolute Gasteiger partial charge is 0.368 e. The predicted octanol–water partition coefficient (Wildman–Crippen LogP) is 0.162. The summed E-state index contributed by atoms with van der Waals surface area (Å²) >= 11 is 0. The Kier molecular flexibility index (Phi) is 4.28. The second-order valence-electron chi connectivity index (χ2n) is 4.33. The minimum Gasteiger partial charge on any atom is -0.368 e. The highest BCUT2D eigenvalue weighted by Gasteiger charge is 2.31. The highest BCUT2D eigenvalue weighted by Crippen LogP contribution is 2.11. The Morgan fingerprint density at radius 1 is 1.40 bits per heavy atom. The van der Waals surface area contributed by atoms with E-state index in [2.05, 4.69) is 5.32 Å². The van der Waals surface area contributed by atoms with Crippen molar-refractivity contribution in [3.8, 4) is 6.07 Å². The van der Waals surface area contributed by atoms with Crippen LogP contribution in [0.5, 0.6) is 0 Å². The molecule has 0 aliphatic rings. The molecule has 0 heterocycles. The summed E-state index contributed by atoms with van der Waals surface area (Å²) in [5.74, 6) is -1.95. The van der Waals surface area contributed by atoms with E-state index in [9.17, 15) is 9.59 Å². The Balaban J connectivity index is 4.63. The van der Waals surface area contributed by atoms with Gasteiger partial charge in [0.25, 0.3) is 0 Å². The average molecular weight is 211 g/mol. The molecule has 2 amide bonds. The molecule has 5 heteroatoms. The van der Waals surface area contributed by atoms with Crippen molar-refractivity contribution in [2.45, 2.75) is 33.2 Å². The number of primary amides is 1. The average Bonchev–Trinajstić information content (AvgIpc) is 2.02. The van der Waals surface area contributed by atoms with Crippen molar-refractivity contribution < 1.29 is 9.59 Å². The van der Waals surface area contributed by atoms with Gasteiger partial charge in [-0.25, -0.2) is 0 Å². The van der Waals surface area contributed by atoms with Gasteiger partial charge in [-0.1, -0.05) is 13.8 Å². The third-order valence-electron chi connectivity index (χ3n) is 2.14. The molecule has 0 fully saturated rings. The van der Waals surface area contributed by atoms with Crippen molar-refractivity contribution in [2.24, 2.45) is 17.6 Å². The molecular weight excluding hydrogens is 194 g/mol. The predicted molar refractivity (Wildman–Crippen MR) is 55.4 cm³/mol. The lowest BCUT2D eigenvalue weighted by Gasteiger charge is -2.24. The number of carbonyl (C=O) groups is 2. The van der Waals surface area contributed by atoms with Crippen LogP contribution in [0.4, 0.5) is 0 Å². The zero-order valence-electron chi connectivity index (χ0n) is 9.50. The molecule has 0 saturated carbocycles. The van der Waals surface area contributed by atoms with Gasteiger partial charge in [0.1, 0.15) is 11.5 Å². The molecule has 5 nitrogen and oxygen atoms in total. The summed E-state index contributed by atoms with van der Waals surface area (Å²) in [7, 11) is 0. The summed E-state index contributed by atoms with van der Waals surface area (Å²) in [5.41, 5.74) is 3.98. The summed E-state index contributed by atoms with van der Waals surface area (Å²) in [6, 6.07) is 1.90. The van der Waals surface area contributed by atoms with Gasteiger partial charge in [0.05, 0.1) is 6.07 Å². The number of carbonyl (C=O) groups excluding carboxylic acids is 2. The molecule has 0 radical (unpaired) electrons. The zero-order valence-corrected chi connectivity index (χ0v) is 9.50. The van der Waals surface area contributed by atoms with E-state index < -0.39 is 23.3 Å². The molecule has 0 aliphatic heterocycles. The molecule has 15 heavy (non-hydrogen) atoms. The number of nitriles is 1. The fourth-order valence-electron chi connectivity index (χ4n) is 0.958. The number of amides is 2. The number of rotatable bonds is 4. The van der Waals surface area contributed by atoms with Gasteiger partial charge in [0.2, 0.25) is 11.8 Å². The number of nitrogens with two attached hydrogens (primary N) is 1. The van der Waals surface area contributed by atoms with Gasteiger partial charge in [-0.2, -0.15) is 5.26 Å². The lowest BCUT2D eigenvalue weighted by atomic mass is 9.94. The van der Waals surface area contributed by atoms with E-state index in [0.717, 1.165) is 0 Å². The van der Waals surface area contributed by atoms with Gasteiger partial charge in [-0.15, -0.1) is 0 Å². The summed E-state index contributed by atoms with van der Waals surface area (Å²) in [6.45, 7) is 6.54. The van der Waals surface area contributed by atoms with E-state index in [-0.39, 0.29) is 5.92 Å². The first kappa shape index (κ1) is 13.4. The SMILES string of the molecule is CC(C)C(C#N)C(=O)NC(C)(C)C(N)=O. The van der Waals surface area contributed by atoms with Crippen molar-refractivity contribution in [1.29, 1.82) is 5.26 Å². The fraction of sp³-hybridized carbons (Fsp3) is 0.700. The van der Waals surface area contributed by atoms with E-state index in [4.69, 9.17) is 11.0 Å². The van der Waals surface area contributed by atoms with Crippen LogP contribution in [0.25, 0.3) is 0 Å². The normalized spacial score (nSPS) is 13.1. The van der Waals surface area contributed by atoms with E-state index in [1.54, 1.807) is 13.8 Å². The van der Waals surface area contributed by atoms with Gasteiger partial charge in [-0.3, -0.25) is 9.59 Å².